The Hall–Kier alpha value is -1.22. The molecule has 2 atom stereocenters. The minimum absolute atomic E-state index is 0.0161. The lowest BCUT2D eigenvalue weighted by Crippen LogP contribution is -2.01. The van der Waals surface area contributed by atoms with E-state index in [9.17, 15) is 15.3 Å². The van der Waals surface area contributed by atoms with Gasteiger partial charge in [0, 0.05) is 6.07 Å². The minimum atomic E-state index is -0.619. The molecule has 2 unspecified atom stereocenters. The van der Waals surface area contributed by atoms with Crippen molar-refractivity contribution < 1.29 is 15.3 Å². The van der Waals surface area contributed by atoms with Crippen LogP contribution in [0.3, 0.4) is 0 Å². The van der Waals surface area contributed by atoms with Gasteiger partial charge in [-0.1, -0.05) is 20.3 Å². The predicted octanol–water partition coefficient (Wildman–Crippen LogP) is 2.96. The zero-order valence-electron chi connectivity index (χ0n) is 9.85. The molecule has 1 aromatic carbocycles. The molecule has 90 valence electrons. The van der Waals surface area contributed by atoms with E-state index in [1.807, 2.05) is 0 Å². The maximum absolute atomic E-state index is 9.89. The molecule has 0 heterocycles. The Morgan fingerprint density at radius 3 is 2.12 bits per heavy atom. The number of hydrogen-bond acceptors (Lipinski definition) is 3. The summed E-state index contributed by atoms with van der Waals surface area (Å²) in [4.78, 5) is 0. The van der Waals surface area contributed by atoms with Gasteiger partial charge in [-0.2, -0.15) is 0 Å². The van der Waals surface area contributed by atoms with E-state index < -0.39 is 6.10 Å². The molecule has 0 radical (unpaired) electrons. The number of aliphatic hydroxyl groups excluding tert-OH is 1. The summed E-state index contributed by atoms with van der Waals surface area (Å²) in [6.07, 6.45) is 2.07. The zero-order chi connectivity index (χ0) is 12.1. The molecule has 16 heavy (non-hydrogen) atoms. The van der Waals surface area contributed by atoms with Crippen molar-refractivity contribution in [2.24, 2.45) is 5.92 Å². The molecule has 0 fully saturated rings. The van der Waals surface area contributed by atoms with Crippen LogP contribution < -0.4 is 0 Å². The first kappa shape index (κ1) is 12.8. The lowest BCUT2D eigenvalue weighted by Gasteiger charge is -2.14. The maximum Gasteiger partial charge on any atom is 0.119 e. The molecule has 3 nitrogen and oxygen atoms in total. The van der Waals surface area contributed by atoms with Crippen molar-refractivity contribution in [3.8, 4) is 11.5 Å². The summed E-state index contributed by atoms with van der Waals surface area (Å²) < 4.78 is 0. The topological polar surface area (TPSA) is 60.7 Å². The average molecular weight is 224 g/mol. The Balaban J connectivity index is 2.62. The van der Waals surface area contributed by atoms with E-state index in [1.54, 1.807) is 0 Å². The summed E-state index contributed by atoms with van der Waals surface area (Å²) in [5, 5.41) is 28.5. The number of aliphatic hydroxyl groups is 1. The smallest absolute Gasteiger partial charge is 0.119 e. The highest BCUT2D eigenvalue weighted by Crippen LogP contribution is 2.28. The second-order valence-corrected chi connectivity index (χ2v) is 4.39. The van der Waals surface area contributed by atoms with Crippen LogP contribution in [0.5, 0.6) is 11.5 Å². The van der Waals surface area contributed by atoms with Crippen LogP contribution in [0.2, 0.25) is 0 Å². The Morgan fingerprint density at radius 1 is 1.06 bits per heavy atom. The molecule has 1 aromatic rings. The Bertz CT molecular complexity index is 316. The van der Waals surface area contributed by atoms with Crippen LogP contribution in [-0.4, -0.2) is 15.3 Å². The Labute approximate surface area is 96.4 Å². The highest BCUT2D eigenvalue weighted by molar-refractivity contribution is 5.37. The van der Waals surface area contributed by atoms with E-state index in [0.29, 0.717) is 17.9 Å². The quantitative estimate of drug-likeness (QED) is 0.720. The van der Waals surface area contributed by atoms with Crippen molar-refractivity contribution in [2.45, 2.75) is 39.2 Å². The van der Waals surface area contributed by atoms with Gasteiger partial charge in [-0.15, -0.1) is 0 Å². The zero-order valence-corrected chi connectivity index (χ0v) is 9.85. The first-order valence-corrected chi connectivity index (χ1v) is 5.74. The Morgan fingerprint density at radius 2 is 1.62 bits per heavy atom. The molecule has 0 bridgehead atoms. The molecule has 3 heteroatoms. The number of benzene rings is 1. The van der Waals surface area contributed by atoms with Gasteiger partial charge in [0.2, 0.25) is 0 Å². The molecule has 0 aliphatic carbocycles. The van der Waals surface area contributed by atoms with E-state index in [0.717, 1.165) is 12.8 Å². The minimum Gasteiger partial charge on any atom is -0.508 e. The van der Waals surface area contributed by atoms with E-state index >= 15 is 0 Å². The summed E-state index contributed by atoms with van der Waals surface area (Å²) in [5.74, 6) is 0.552. The van der Waals surface area contributed by atoms with Gasteiger partial charge in [-0.05, 0) is 36.5 Å². The van der Waals surface area contributed by atoms with Crippen LogP contribution in [0.25, 0.3) is 0 Å². The van der Waals surface area contributed by atoms with Crippen LogP contribution in [0.4, 0.5) is 0 Å². The van der Waals surface area contributed by atoms with Gasteiger partial charge in [0.15, 0.2) is 0 Å². The molecule has 0 aromatic heterocycles. The molecule has 3 N–H and O–H groups in total. The van der Waals surface area contributed by atoms with Crippen LogP contribution in [0.1, 0.15) is 44.8 Å². The van der Waals surface area contributed by atoms with Gasteiger partial charge in [-0.3, -0.25) is 0 Å². The lowest BCUT2D eigenvalue weighted by atomic mass is 9.97. The maximum atomic E-state index is 9.89. The van der Waals surface area contributed by atoms with Crippen molar-refractivity contribution in [2.75, 3.05) is 0 Å². The molecule has 0 aliphatic heterocycles. The molecule has 0 saturated heterocycles. The van der Waals surface area contributed by atoms with Crippen LogP contribution >= 0.6 is 0 Å². The van der Waals surface area contributed by atoms with Gasteiger partial charge >= 0.3 is 0 Å². The normalized spacial score (nSPS) is 14.7. The first-order chi connectivity index (χ1) is 7.52. The van der Waals surface area contributed by atoms with Crippen molar-refractivity contribution >= 4 is 0 Å². The number of aromatic hydroxyl groups is 2. The van der Waals surface area contributed by atoms with Gasteiger partial charge < -0.3 is 15.3 Å². The van der Waals surface area contributed by atoms with Gasteiger partial charge in [0.1, 0.15) is 11.5 Å². The van der Waals surface area contributed by atoms with Gasteiger partial charge in [-0.25, -0.2) is 0 Å². The molecule has 0 spiro atoms. The fraction of sp³-hybridized carbons (Fsp3) is 0.538. The molecular weight excluding hydrogens is 204 g/mol. The lowest BCUT2D eigenvalue weighted by molar-refractivity contribution is 0.157. The third kappa shape index (κ3) is 3.74. The van der Waals surface area contributed by atoms with Gasteiger partial charge in [0.25, 0.3) is 0 Å². The number of hydrogen-bond donors (Lipinski definition) is 3. The van der Waals surface area contributed by atoms with E-state index in [4.69, 9.17) is 0 Å². The summed E-state index contributed by atoms with van der Waals surface area (Å²) in [5.41, 5.74) is 0.570. The highest BCUT2D eigenvalue weighted by atomic mass is 16.3. The van der Waals surface area contributed by atoms with Crippen molar-refractivity contribution in [3.05, 3.63) is 23.8 Å². The summed E-state index contributed by atoms with van der Waals surface area (Å²) >= 11 is 0. The summed E-state index contributed by atoms with van der Waals surface area (Å²) in [6.45, 7) is 4.27. The summed E-state index contributed by atoms with van der Waals surface area (Å²) in [6, 6.07) is 4.23. The van der Waals surface area contributed by atoms with Crippen molar-refractivity contribution in [3.63, 3.8) is 0 Å². The fourth-order valence-electron chi connectivity index (χ4n) is 1.62. The third-order valence-electron chi connectivity index (χ3n) is 2.94. The van der Waals surface area contributed by atoms with Crippen LogP contribution in [0.15, 0.2) is 18.2 Å². The van der Waals surface area contributed by atoms with E-state index in [2.05, 4.69) is 13.8 Å². The van der Waals surface area contributed by atoms with Crippen LogP contribution in [0, 0.1) is 5.92 Å². The molecular formula is C13H20O3. The van der Waals surface area contributed by atoms with Crippen LogP contribution in [-0.2, 0) is 0 Å². The highest BCUT2D eigenvalue weighted by Gasteiger charge is 2.11. The molecule has 0 saturated carbocycles. The second kappa shape index (κ2) is 5.75. The standard InChI is InChI=1S/C13H20O3/c1-3-9(2)4-5-13(16)10-6-11(14)8-12(15)7-10/h6-9,13-16H,3-5H2,1-2H3. The van der Waals surface area contributed by atoms with Crippen molar-refractivity contribution in [1.82, 2.24) is 0 Å². The predicted molar refractivity (Wildman–Crippen MR) is 63.4 cm³/mol. The summed E-state index contributed by atoms with van der Waals surface area (Å²) in [7, 11) is 0. The average Bonchev–Trinajstić information content (AvgIpc) is 2.23. The third-order valence-corrected chi connectivity index (χ3v) is 2.94. The monoisotopic (exact) mass is 224 g/mol. The number of phenolic OH excluding ortho intramolecular Hbond substituents is 2. The molecule has 0 amide bonds. The Kier molecular flexibility index (Phi) is 4.62. The number of phenols is 2. The molecule has 0 aliphatic rings. The second-order valence-electron chi connectivity index (χ2n) is 4.39. The number of rotatable bonds is 5. The van der Waals surface area contributed by atoms with E-state index in [-0.39, 0.29) is 11.5 Å². The largest absolute Gasteiger partial charge is 0.508 e. The van der Waals surface area contributed by atoms with Gasteiger partial charge in [0.05, 0.1) is 6.10 Å². The van der Waals surface area contributed by atoms with Crippen molar-refractivity contribution in [1.29, 1.82) is 0 Å². The molecule has 1 rings (SSSR count). The van der Waals surface area contributed by atoms with E-state index in [1.165, 1.54) is 18.2 Å². The SMILES string of the molecule is CCC(C)CCC(O)c1cc(O)cc(O)c1. The fourth-order valence-corrected chi connectivity index (χ4v) is 1.62. The first-order valence-electron chi connectivity index (χ1n) is 5.74.